The third-order valence-electron chi connectivity index (χ3n) is 3.59. The number of hydrogen-bond donors (Lipinski definition) is 3. The molecule has 2 aromatic carbocycles. The molecular weight excluding hydrogens is 357 g/mol. The van der Waals surface area contributed by atoms with Crippen molar-refractivity contribution in [2.45, 2.75) is 19.4 Å². The first-order valence-corrected chi connectivity index (χ1v) is 8.15. The summed E-state index contributed by atoms with van der Waals surface area (Å²) in [6, 6.07) is 12.7. The fraction of sp³-hybridized carbons (Fsp3) is 0.263. The van der Waals surface area contributed by atoms with Gasteiger partial charge in [-0.25, -0.2) is 4.39 Å². The van der Waals surface area contributed by atoms with Crippen LogP contribution in [0.1, 0.15) is 28.8 Å². The van der Waals surface area contributed by atoms with Crippen molar-refractivity contribution in [2.75, 3.05) is 18.9 Å². The highest BCUT2D eigenvalue weighted by Crippen LogP contribution is 2.13. The maximum Gasteiger partial charge on any atom is 0.255 e. The predicted octanol–water partition coefficient (Wildman–Crippen LogP) is 3.12. The van der Waals surface area contributed by atoms with Crippen molar-refractivity contribution in [1.82, 2.24) is 10.6 Å². The summed E-state index contributed by atoms with van der Waals surface area (Å²) in [7, 11) is 1.85. The van der Waals surface area contributed by atoms with E-state index in [4.69, 9.17) is 0 Å². The first kappa shape index (κ1) is 21.6. The Hall–Kier alpha value is -2.44. The molecular formula is C19H23ClFN3O2. The summed E-state index contributed by atoms with van der Waals surface area (Å²) in [5, 5.41) is 8.57. The van der Waals surface area contributed by atoms with Crippen molar-refractivity contribution in [3.8, 4) is 0 Å². The molecule has 0 atom stereocenters. The van der Waals surface area contributed by atoms with Crippen LogP contribution in [0, 0.1) is 5.82 Å². The first-order chi connectivity index (χ1) is 12.1. The van der Waals surface area contributed by atoms with E-state index in [9.17, 15) is 14.0 Å². The molecule has 0 aromatic heterocycles. The number of hydrogen-bond acceptors (Lipinski definition) is 3. The lowest BCUT2D eigenvalue weighted by Crippen LogP contribution is -2.23. The normalized spacial score (nSPS) is 9.92. The summed E-state index contributed by atoms with van der Waals surface area (Å²) in [5.41, 5.74) is 1.72. The number of benzene rings is 2. The van der Waals surface area contributed by atoms with Gasteiger partial charge in [0.2, 0.25) is 5.91 Å². The van der Waals surface area contributed by atoms with Gasteiger partial charge in [-0.05, 0) is 55.9 Å². The smallest absolute Gasteiger partial charge is 0.255 e. The summed E-state index contributed by atoms with van der Waals surface area (Å²) in [4.78, 5) is 23.9. The van der Waals surface area contributed by atoms with Gasteiger partial charge in [0.15, 0.2) is 0 Å². The lowest BCUT2D eigenvalue weighted by Gasteiger charge is -2.09. The largest absolute Gasteiger partial charge is 0.352 e. The molecule has 2 rings (SSSR count). The summed E-state index contributed by atoms with van der Waals surface area (Å²) >= 11 is 0. The molecule has 0 fully saturated rings. The standard InChI is InChI=1S/C19H22FN3O2.ClH/c1-21-10-4-9-18(24)22-13-14-5-2-8-17(11-14)23-19(25)15-6-3-7-16(20)12-15;/h2-3,5-8,11-12,21H,4,9-10,13H2,1H3,(H,22,24)(H,23,25);1H. The molecule has 2 amide bonds. The van der Waals surface area contributed by atoms with Crippen LogP contribution in [0.25, 0.3) is 0 Å². The van der Waals surface area contributed by atoms with Crippen LogP contribution in [0.3, 0.4) is 0 Å². The zero-order chi connectivity index (χ0) is 18.1. The lowest BCUT2D eigenvalue weighted by atomic mass is 10.1. The number of nitrogens with one attached hydrogen (secondary N) is 3. The number of halogens is 2. The molecule has 0 aliphatic rings. The zero-order valence-corrected chi connectivity index (χ0v) is 15.4. The zero-order valence-electron chi connectivity index (χ0n) is 14.5. The van der Waals surface area contributed by atoms with Gasteiger partial charge in [-0.1, -0.05) is 18.2 Å². The number of carbonyl (C=O) groups is 2. The Bertz CT molecular complexity index is 740. The van der Waals surface area contributed by atoms with Crippen LogP contribution in [0.15, 0.2) is 48.5 Å². The van der Waals surface area contributed by atoms with Gasteiger partial charge in [-0.3, -0.25) is 9.59 Å². The van der Waals surface area contributed by atoms with Crippen molar-refractivity contribution in [1.29, 1.82) is 0 Å². The Morgan fingerprint density at radius 3 is 2.58 bits per heavy atom. The summed E-state index contributed by atoms with van der Waals surface area (Å²) < 4.78 is 13.2. The molecule has 0 unspecified atom stereocenters. The monoisotopic (exact) mass is 379 g/mol. The highest BCUT2D eigenvalue weighted by atomic mass is 35.5. The topological polar surface area (TPSA) is 70.2 Å². The van der Waals surface area contributed by atoms with Crippen LogP contribution in [-0.2, 0) is 11.3 Å². The van der Waals surface area contributed by atoms with Gasteiger partial charge < -0.3 is 16.0 Å². The van der Waals surface area contributed by atoms with E-state index in [-0.39, 0.29) is 29.8 Å². The molecule has 0 spiro atoms. The average Bonchev–Trinajstić information content (AvgIpc) is 2.60. The Balaban J connectivity index is 0.00000338. The third kappa shape index (κ3) is 7.21. The molecule has 0 saturated carbocycles. The van der Waals surface area contributed by atoms with E-state index < -0.39 is 5.82 Å². The van der Waals surface area contributed by atoms with E-state index >= 15 is 0 Å². The van der Waals surface area contributed by atoms with Gasteiger partial charge >= 0.3 is 0 Å². The number of rotatable bonds is 8. The van der Waals surface area contributed by atoms with Crippen LogP contribution in [0.2, 0.25) is 0 Å². The molecule has 0 bridgehead atoms. The Labute approximate surface area is 158 Å². The van der Waals surface area contributed by atoms with Crippen LogP contribution in [0.5, 0.6) is 0 Å². The van der Waals surface area contributed by atoms with Crippen molar-refractivity contribution in [3.63, 3.8) is 0 Å². The Kier molecular flexibility index (Phi) is 9.33. The van der Waals surface area contributed by atoms with Gasteiger partial charge in [-0.15, -0.1) is 12.4 Å². The molecule has 0 heterocycles. The van der Waals surface area contributed by atoms with E-state index in [1.54, 1.807) is 24.3 Å². The number of carbonyl (C=O) groups excluding carboxylic acids is 2. The maximum atomic E-state index is 13.2. The predicted molar refractivity (Wildman–Crippen MR) is 103 cm³/mol. The van der Waals surface area contributed by atoms with Crippen molar-refractivity contribution >= 4 is 29.9 Å². The van der Waals surface area contributed by atoms with Gasteiger partial charge in [0.05, 0.1) is 0 Å². The summed E-state index contributed by atoms with van der Waals surface area (Å²) in [6.07, 6.45) is 1.25. The van der Waals surface area contributed by atoms with E-state index in [0.717, 1.165) is 18.5 Å². The third-order valence-corrected chi connectivity index (χ3v) is 3.59. The molecule has 0 aliphatic heterocycles. The van der Waals surface area contributed by atoms with E-state index in [0.29, 0.717) is 18.7 Å². The molecule has 26 heavy (non-hydrogen) atoms. The minimum Gasteiger partial charge on any atom is -0.352 e. The minimum absolute atomic E-state index is 0. The molecule has 140 valence electrons. The van der Waals surface area contributed by atoms with Crippen LogP contribution in [-0.4, -0.2) is 25.4 Å². The van der Waals surface area contributed by atoms with E-state index in [1.807, 2.05) is 13.1 Å². The molecule has 5 nitrogen and oxygen atoms in total. The molecule has 0 aliphatic carbocycles. The highest BCUT2D eigenvalue weighted by molar-refractivity contribution is 6.04. The summed E-state index contributed by atoms with van der Waals surface area (Å²) in [5.74, 6) is -0.848. The van der Waals surface area contributed by atoms with Crippen molar-refractivity contribution < 1.29 is 14.0 Å². The Morgan fingerprint density at radius 2 is 1.85 bits per heavy atom. The Morgan fingerprint density at radius 1 is 1.08 bits per heavy atom. The van der Waals surface area contributed by atoms with Gasteiger partial charge in [-0.2, -0.15) is 0 Å². The first-order valence-electron chi connectivity index (χ1n) is 8.15. The van der Waals surface area contributed by atoms with Crippen LogP contribution < -0.4 is 16.0 Å². The fourth-order valence-corrected chi connectivity index (χ4v) is 2.31. The van der Waals surface area contributed by atoms with Gasteiger partial charge in [0, 0.05) is 24.2 Å². The van der Waals surface area contributed by atoms with Crippen LogP contribution in [0.4, 0.5) is 10.1 Å². The fourth-order valence-electron chi connectivity index (χ4n) is 2.31. The second kappa shape index (κ2) is 11.2. The second-order valence-corrected chi connectivity index (χ2v) is 5.65. The van der Waals surface area contributed by atoms with Crippen LogP contribution >= 0.6 is 12.4 Å². The van der Waals surface area contributed by atoms with Crippen molar-refractivity contribution in [3.05, 3.63) is 65.5 Å². The number of amides is 2. The molecule has 3 N–H and O–H groups in total. The molecule has 7 heteroatoms. The lowest BCUT2D eigenvalue weighted by molar-refractivity contribution is -0.121. The van der Waals surface area contributed by atoms with E-state index in [2.05, 4.69) is 16.0 Å². The molecule has 0 saturated heterocycles. The van der Waals surface area contributed by atoms with E-state index in [1.165, 1.54) is 18.2 Å². The molecule has 2 aromatic rings. The molecule has 0 radical (unpaired) electrons. The van der Waals surface area contributed by atoms with Gasteiger partial charge in [0.25, 0.3) is 5.91 Å². The second-order valence-electron chi connectivity index (χ2n) is 5.65. The SMILES string of the molecule is CNCCCC(=O)NCc1cccc(NC(=O)c2cccc(F)c2)c1.Cl. The average molecular weight is 380 g/mol. The quantitative estimate of drug-likeness (QED) is 0.617. The highest BCUT2D eigenvalue weighted by Gasteiger charge is 2.07. The minimum atomic E-state index is -0.456. The maximum absolute atomic E-state index is 13.2. The summed E-state index contributed by atoms with van der Waals surface area (Å²) in [6.45, 7) is 1.19. The van der Waals surface area contributed by atoms with Crippen molar-refractivity contribution in [2.24, 2.45) is 0 Å². The van der Waals surface area contributed by atoms with Gasteiger partial charge in [0.1, 0.15) is 5.82 Å². The number of anilines is 1.